The first-order chi connectivity index (χ1) is 15.0. The van der Waals surface area contributed by atoms with Crippen LogP contribution >= 0.6 is 7.82 Å². The van der Waals surface area contributed by atoms with E-state index in [0.717, 1.165) is 16.3 Å². The van der Waals surface area contributed by atoms with Crippen molar-refractivity contribution in [2.75, 3.05) is 0 Å². The summed E-state index contributed by atoms with van der Waals surface area (Å²) >= 11 is 0. The molecule has 0 saturated heterocycles. The number of rotatable bonds is 8. The Kier molecular flexibility index (Phi) is 6.17. The van der Waals surface area contributed by atoms with E-state index in [9.17, 15) is 14.3 Å². The van der Waals surface area contributed by atoms with Crippen molar-refractivity contribution in [3.05, 3.63) is 108 Å². The Morgan fingerprint density at radius 2 is 1.45 bits per heavy atom. The Balaban J connectivity index is 1.38. The predicted octanol–water partition coefficient (Wildman–Crippen LogP) is 6.21. The number of fused-ring (bicyclic) bond motifs is 1. The first kappa shape index (κ1) is 20.9. The second-order valence-corrected chi connectivity index (χ2v) is 8.36. The van der Waals surface area contributed by atoms with Crippen molar-refractivity contribution in [3.8, 4) is 11.5 Å². The number of benzene rings is 4. The highest BCUT2D eigenvalue weighted by molar-refractivity contribution is 7.48. The third-order valence-electron chi connectivity index (χ3n) is 4.84. The van der Waals surface area contributed by atoms with Crippen LogP contribution in [0, 0.1) is 0 Å². The molecule has 5 nitrogen and oxygen atoms in total. The number of carbonyl (C=O) groups is 1. The number of hydrogen-bond donors (Lipinski definition) is 1. The Bertz CT molecular complexity index is 1230. The van der Waals surface area contributed by atoms with Crippen LogP contribution in [0.2, 0.25) is 0 Å². The molecule has 6 heteroatoms. The Morgan fingerprint density at radius 1 is 0.774 bits per heavy atom. The predicted molar refractivity (Wildman–Crippen MR) is 121 cm³/mol. The van der Waals surface area contributed by atoms with Crippen molar-refractivity contribution in [1.82, 2.24) is 0 Å². The Labute approximate surface area is 180 Å². The molecule has 0 amide bonds. The molecule has 1 unspecified atom stereocenters. The molecule has 0 fully saturated rings. The number of hydrogen-bond acceptors (Lipinski definition) is 4. The lowest BCUT2D eigenvalue weighted by molar-refractivity contribution is 0.0983. The third kappa shape index (κ3) is 5.40. The molecule has 0 aliphatic carbocycles. The topological polar surface area (TPSA) is 72.8 Å². The molecule has 0 aliphatic rings. The van der Waals surface area contributed by atoms with Gasteiger partial charge < -0.3 is 9.05 Å². The number of phosphoric acid groups is 1. The molecule has 0 aliphatic heterocycles. The van der Waals surface area contributed by atoms with Gasteiger partial charge in [-0.15, -0.1) is 0 Å². The zero-order valence-electron chi connectivity index (χ0n) is 16.7. The fourth-order valence-electron chi connectivity index (χ4n) is 3.29. The second-order valence-electron chi connectivity index (χ2n) is 7.06. The number of aryl methyl sites for hydroxylation is 1. The average molecular weight is 432 g/mol. The van der Waals surface area contributed by atoms with Crippen LogP contribution in [-0.4, -0.2) is 10.7 Å². The van der Waals surface area contributed by atoms with Crippen molar-refractivity contribution in [3.63, 3.8) is 0 Å². The fourth-order valence-corrected chi connectivity index (χ4v) is 4.13. The van der Waals surface area contributed by atoms with Crippen LogP contribution in [0.15, 0.2) is 97.1 Å². The lowest BCUT2D eigenvalue weighted by Gasteiger charge is -2.15. The first-order valence-electron chi connectivity index (χ1n) is 9.87. The summed E-state index contributed by atoms with van der Waals surface area (Å²) in [5.41, 5.74) is 1.62. The SMILES string of the molecule is O=C(CCc1ccc(OP(=O)(O)Oc2cccc3ccccc23)cc1)c1ccccc1. The van der Waals surface area contributed by atoms with Gasteiger partial charge in [0.2, 0.25) is 0 Å². The average Bonchev–Trinajstić information content (AvgIpc) is 2.79. The molecule has 0 aromatic heterocycles. The fraction of sp³-hybridized carbons (Fsp3) is 0.0800. The van der Waals surface area contributed by atoms with Crippen LogP contribution in [-0.2, 0) is 11.0 Å². The van der Waals surface area contributed by atoms with Crippen molar-refractivity contribution in [1.29, 1.82) is 0 Å². The molecule has 1 N–H and O–H groups in total. The molecule has 0 saturated carbocycles. The van der Waals surface area contributed by atoms with Gasteiger partial charge in [0.05, 0.1) is 0 Å². The van der Waals surface area contributed by atoms with Crippen LogP contribution < -0.4 is 9.05 Å². The molecule has 1 atom stereocenters. The van der Waals surface area contributed by atoms with E-state index in [-0.39, 0.29) is 17.3 Å². The minimum atomic E-state index is -4.38. The quantitative estimate of drug-likeness (QED) is 0.265. The molecule has 31 heavy (non-hydrogen) atoms. The second kappa shape index (κ2) is 9.17. The van der Waals surface area contributed by atoms with E-state index in [0.29, 0.717) is 18.4 Å². The smallest absolute Gasteiger partial charge is 0.395 e. The maximum Gasteiger partial charge on any atom is 0.584 e. The molecule has 0 heterocycles. The summed E-state index contributed by atoms with van der Waals surface area (Å²) < 4.78 is 23.1. The summed E-state index contributed by atoms with van der Waals surface area (Å²) in [5, 5.41) is 1.62. The monoisotopic (exact) mass is 432 g/mol. The molecule has 0 bridgehead atoms. The van der Waals surface area contributed by atoms with Gasteiger partial charge in [0.25, 0.3) is 0 Å². The van der Waals surface area contributed by atoms with Gasteiger partial charge in [-0.25, -0.2) is 4.57 Å². The van der Waals surface area contributed by atoms with Crippen molar-refractivity contribution in [2.45, 2.75) is 12.8 Å². The van der Waals surface area contributed by atoms with Gasteiger partial charge in [-0.2, -0.15) is 0 Å². The molecule has 0 radical (unpaired) electrons. The van der Waals surface area contributed by atoms with Gasteiger partial charge in [-0.3, -0.25) is 9.69 Å². The van der Waals surface area contributed by atoms with E-state index < -0.39 is 7.82 Å². The highest BCUT2D eigenvalue weighted by Crippen LogP contribution is 2.46. The van der Waals surface area contributed by atoms with E-state index >= 15 is 0 Å². The summed E-state index contributed by atoms with van der Waals surface area (Å²) in [5.74, 6) is 0.563. The van der Waals surface area contributed by atoms with Crippen molar-refractivity contribution < 1.29 is 23.3 Å². The largest absolute Gasteiger partial charge is 0.584 e. The molecular weight excluding hydrogens is 411 g/mol. The molecule has 156 valence electrons. The minimum Gasteiger partial charge on any atom is -0.395 e. The number of Topliss-reactive ketones (excluding diaryl/α,β-unsaturated/α-hetero) is 1. The number of carbonyl (C=O) groups excluding carboxylic acids is 1. The maximum absolute atomic E-state index is 12.5. The van der Waals surface area contributed by atoms with E-state index in [1.54, 1.807) is 48.5 Å². The third-order valence-corrected chi connectivity index (χ3v) is 5.71. The zero-order valence-corrected chi connectivity index (χ0v) is 17.6. The Hall–Kier alpha value is -3.40. The van der Waals surface area contributed by atoms with E-state index in [1.807, 2.05) is 48.5 Å². The lowest BCUT2D eigenvalue weighted by atomic mass is 10.0. The molecule has 4 rings (SSSR count). The number of phosphoric ester groups is 1. The van der Waals surface area contributed by atoms with E-state index in [4.69, 9.17) is 9.05 Å². The summed E-state index contributed by atoms with van der Waals surface area (Å²) in [6.45, 7) is 0. The summed E-state index contributed by atoms with van der Waals surface area (Å²) in [6.07, 6.45) is 0.949. The van der Waals surface area contributed by atoms with Crippen LogP contribution in [0.4, 0.5) is 0 Å². The van der Waals surface area contributed by atoms with Gasteiger partial charge >= 0.3 is 7.82 Å². The van der Waals surface area contributed by atoms with Crippen LogP contribution in [0.5, 0.6) is 11.5 Å². The van der Waals surface area contributed by atoms with E-state index in [1.165, 1.54) is 0 Å². The zero-order chi connectivity index (χ0) is 21.7. The summed E-state index contributed by atoms with van der Waals surface area (Å²) in [6, 6.07) is 28.6. The van der Waals surface area contributed by atoms with Crippen molar-refractivity contribution >= 4 is 24.4 Å². The standard InChI is InChI=1S/C25H21O5P/c26-24(21-8-2-1-3-9-21)18-15-19-13-16-22(17-14-19)29-31(27,28)30-25-12-6-10-20-7-4-5-11-23(20)25/h1-14,16-17H,15,18H2,(H,27,28). The minimum absolute atomic E-state index is 0.0734. The van der Waals surface area contributed by atoms with Gasteiger partial charge in [-0.1, -0.05) is 78.9 Å². The van der Waals surface area contributed by atoms with Gasteiger partial charge in [0, 0.05) is 17.4 Å². The summed E-state index contributed by atoms with van der Waals surface area (Å²) in [7, 11) is -4.38. The lowest BCUT2D eigenvalue weighted by Crippen LogP contribution is -2.02. The molecule has 4 aromatic rings. The van der Waals surface area contributed by atoms with Crippen LogP contribution in [0.1, 0.15) is 22.3 Å². The van der Waals surface area contributed by atoms with Crippen LogP contribution in [0.3, 0.4) is 0 Å². The molecule has 4 aromatic carbocycles. The first-order valence-corrected chi connectivity index (χ1v) is 11.4. The summed E-state index contributed by atoms with van der Waals surface area (Å²) in [4.78, 5) is 22.4. The number of ketones is 1. The highest BCUT2D eigenvalue weighted by Gasteiger charge is 2.26. The van der Waals surface area contributed by atoms with E-state index in [2.05, 4.69) is 0 Å². The van der Waals surface area contributed by atoms with Gasteiger partial charge in [0.15, 0.2) is 5.78 Å². The van der Waals surface area contributed by atoms with Crippen molar-refractivity contribution in [2.24, 2.45) is 0 Å². The maximum atomic E-state index is 12.5. The van der Waals surface area contributed by atoms with Gasteiger partial charge in [-0.05, 0) is 35.6 Å². The highest BCUT2D eigenvalue weighted by atomic mass is 31.2. The Morgan fingerprint density at radius 3 is 2.23 bits per heavy atom. The normalized spacial score (nSPS) is 12.8. The van der Waals surface area contributed by atoms with Crippen LogP contribution in [0.25, 0.3) is 10.8 Å². The van der Waals surface area contributed by atoms with Gasteiger partial charge in [0.1, 0.15) is 11.5 Å². The molecular formula is C25H21O5P. The molecule has 0 spiro atoms.